The molecule has 4 heteroatoms. The molecule has 1 aromatic heterocycles. The molecule has 1 N–H and O–H groups in total. The second kappa shape index (κ2) is 6.51. The summed E-state index contributed by atoms with van der Waals surface area (Å²) < 4.78 is 4.99. The van der Waals surface area contributed by atoms with Gasteiger partial charge in [-0.15, -0.1) is 0 Å². The van der Waals surface area contributed by atoms with Crippen molar-refractivity contribution in [1.82, 2.24) is 15.5 Å². The number of hydrogen-bond acceptors (Lipinski definition) is 4. The lowest BCUT2D eigenvalue weighted by Crippen LogP contribution is -2.43. The highest BCUT2D eigenvalue weighted by Gasteiger charge is 2.30. The Kier molecular flexibility index (Phi) is 4.97. The average molecular weight is 265 g/mol. The molecular weight excluding hydrogens is 238 g/mol. The van der Waals surface area contributed by atoms with Crippen LogP contribution in [0.2, 0.25) is 0 Å². The van der Waals surface area contributed by atoms with Gasteiger partial charge in [-0.1, -0.05) is 32.3 Å². The fourth-order valence-electron chi connectivity index (χ4n) is 3.25. The van der Waals surface area contributed by atoms with Gasteiger partial charge in [0, 0.05) is 25.9 Å². The van der Waals surface area contributed by atoms with Crippen LogP contribution in [0.15, 0.2) is 4.52 Å². The van der Waals surface area contributed by atoms with Gasteiger partial charge in [-0.3, -0.25) is 0 Å². The maximum Gasteiger partial charge on any atom is 0.223 e. The van der Waals surface area contributed by atoms with Crippen molar-refractivity contribution in [2.75, 3.05) is 6.54 Å². The topological polar surface area (TPSA) is 51.0 Å². The summed E-state index contributed by atoms with van der Waals surface area (Å²) >= 11 is 0. The lowest BCUT2D eigenvalue weighted by molar-refractivity contribution is 0.170. The van der Waals surface area contributed by atoms with Crippen molar-refractivity contribution in [3.8, 4) is 0 Å². The molecule has 108 valence electrons. The first kappa shape index (κ1) is 14.5. The van der Waals surface area contributed by atoms with Crippen LogP contribution in [0.25, 0.3) is 0 Å². The minimum atomic E-state index is 0.650. The van der Waals surface area contributed by atoms with Gasteiger partial charge in [0.15, 0.2) is 5.82 Å². The first-order valence-corrected chi connectivity index (χ1v) is 7.59. The largest absolute Gasteiger partial charge is 0.340 e. The molecule has 1 aliphatic rings. The van der Waals surface area contributed by atoms with Gasteiger partial charge in [-0.2, -0.15) is 4.98 Å². The number of nitrogens with zero attached hydrogens (tertiary/aromatic N) is 2. The highest BCUT2D eigenvalue weighted by atomic mass is 16.5. The zero-order valence-electron chi connectivity index (χ0n) is 12.6. The van der Waals surface area contributed by atoms with E-state index in [2.05, 4.69) is 36.2 Å². The van der Waals surface area contributed by atoms with E-state index in [1.165, 1.54) is 19.3 Å². The molecule has 0 aromatic carbocycles. The van der Waals surface area contributed by atoms with Crippen LogP contribution in [-0.2, 0) is 6.42 Å². The second-order valence-corrected chi connectivity index (χ2v) is 6.37. The molecule has 0 saturated heterocycles. The Hall–Kier alpha value is -0.900. The Morgan fingerprint density at radius 3 is 2.79 bits per heavy atom. The van der Waals surface area contributed by atoms with Crippen LogP contribution < -0.4 is 5.32 Å². The van der Waals surface area contributed by atoms with E-state index in [1.807, 2.05) is 6.92 Å². The van der Waals surface area contributed by atoms with Crippen molar-refractivity contribution in [2.24, 2.45) is 17.8 Å². The quantitative estimate of drug-likeness (QED) is 0.889. The summed E-state index contributed by atoms with van der Waals surface area (Å²) in [6.45, 7) is 9.84. The molecule has 0 bridgehead atoms. The highest BCUT2D eigenvalue weighted by Crippen LogP contribution is 2.33. The molecule has 1 fully saturated rings. The Morgan fingerprint density at radius 2 is 2.16 bits per heavy atom. The van der Waals surface area contributed by atoms with E-state index in [1.54, 1.807) is 0 Å². The molecule has 1 saturated carbocycles. The Labute approximate surface area is 116 Å². The standard InChI is InChI=1S/C15H27N3O/c1-10(2)13-6-5-11(3)9-14(13)16-8-7-15-17-12(4)19-18-15/h10-11,13-14,16H,5-9H2,1-4H3. The number of nitrogens with one attached hydrogen (secondary N) is 1. The number of hydrogen-bond donors (Lipinski definition) is 1. The third kappa shape index (κ3) is 4.03. The maximum absolute atomic E-state index is 4.99. The third-order valence-electron chi connectivity index (χ3n) is 4.35. The number of rotatable bonds is 5. The smallest absolute Gasteiger partial charge is 0.223 e. The molecule has 2 rings (SSSR count). The van der Waals surface area contributed by atoms with E-state index in [0.717, 1.165) is 36.5 Å². The van der Waals surface area contributed by atoms with Crippen LogP contribution in [0.1, 0.15) is 51.7 Å². The maximum atomic E-state index is 4.99. The summed E-state index contributed by atoms with van der Waals surface area (Å²) in [6, 6.07) is 0.650. The van der Waals surface area contributed by atoms with Gasteiger partial charge in [-0.05, 0) is 30.6 Å². The molecule has 4 nitrogen and oxygen atoms in total. The highest BCUT2D eigenvalue weighted by molar-refractivity contribution is 4.88. The predicted octanol–water partition coefficient (Wildman–Crippen LogP) is 2.97. The number of aromatic nitrogens is 2. The van der Waals surface area contributed by atoms with E-state index in [-0.39, 0.29) is 0 Å². The lowest BCUT2D eigenvalue weighted by Gasteiger charge is -2.38. The van der Waals surface area contributed by atoms with Gasteiger partial charge >= 0.3 is 0 Å². The molecule has 1 aliphatic carbocycles. The molecule has 0 radical (unpaired) electrons. The monoisotopic (exact) mass is 265 g/mol. The van der Waals surface area contributed by atoms with Crippen molar-refractivity contribution in [3.05, 3.63) is 11.7 Å². The van der Waals surface area contributed by atoms with Crippen LogP contribution in [-0.4, -0.2) is 22.7 Å². The predicted molar refractivity (Wildman–Crippen MR) is 75.9 cm³/mol. The fraction of sp³-hybridized carbons (Fsp3) is 0.867. The summed E-state index contributed by atoms with van der Waals surface area (Å²) in [5, 5.41) is 7.66. The molecule has 3 atom stereocenters. The Balaban J connectivity index is 1.82. The van der Waals surface area contributed by atoms with Crippen LogP contribution in [0.5, 0.6) is 0 Å². The summed E-state index contributed by atoms with van der Waals surface area (Å²) in [6.07, 6.45) is 4.89. The molecular formula is C15H27N3O. The van der Waals surface area contributed by atoms with Gasteiger partial charge in [0.1, 0.15) is 0 Å². The summed E-state index contributed by atoms with van der Waals surface area (Å²) in [7, 11) is 0. The average Bonchev–Trinajstić information content (AvgIpc) is 2.75. The summed E-state index contributed by atoms with van der Waals surface area (Å²) in [4.78, 5) is 4.24. The minimum Gasteiger partial charge on any atom is -0.340 e. The lowest BCUT2D eigenvalue weighted by atomic mass is 9.74. The first-order chi connectivity index (χ1) is 9.06. The van der Waals surface area contributed by atoms with Gasteiger partial charge in [-0.25, -0.2) is 0 Å². The molecule has 0 spiro atoms. The Morgan fingerprint density at radius 1 is 1.37 bits per heavy atom. The fourth-order valence-corrected chi connectivity index (χ4v) is 3.25. The summed E-state index contributed by atoms with van der Waals surface area (Å²) in [5.41, 5.74) is 0. The Bertz CT molecular complexity index is 388. The van der Waals surface area contributed by atoms with E-state index in [9.17, 15) is 0 Å². The van der Waals surface area contributed by atoms with Gasteiger partial charge < -0.3 is 9.84 Å². The minimum absolute atomic E-state index is 0.650. The van der Waals surface area contributed by atoms with E-state index in [4.69, 9.17) is 4.52 Å². The zero-order chi connectivity index (χ0) is 13.8. The molecule has 0 amide bonds. The van der Waals surface area contributed by atoms with Crippen LogP contribution >= 0.6 is 0 Å². The normalized spacial score (nSPS) is 27.9. The van der Waals surface area contributed by atoms with Gasteiger partial charge in [0.25, 0.3) is 0 Å². The SMILES string of the molecule is Cc1nc(CCNC2CC(C)CCC2C(C)C)no1. The van der Waals surface area contributed by atoms with Crippen molar-refractivity contribution in [2.45, 2.75) is 59.4 Å². The molecule has 0 aliphatic heterocycles. The zero-order valence-corrected chi connectivity index (χ0v) is 12.6. The first-order valence-electron chi connectivity index (χ1n) is 7.59. The van der Waals surface area contributed by atoms with Gasteiger partial charge in [0.05, 0.1) is 0 Å². The summed E-state index contributed by atoms with van der Waals surface area (Å²) in [5.74, 6) is 3.89. The van der Waals surface area contributed by atoms with Gasteiger partial charge in [0.2, 0.25) is 5.89 Å². The van der Waals surface area contributed by atoms with Crippen molar-refractivity contribution in [1.29, 1.82) is 0 Å². The molecule has 19 heavy (non-hydrogen) atoms. The molecule has 1 aromatic rings. The molecule has 3 unspecified atom stereocenters. The van der Waals surface area contributed by atoms with Crippen molar-refractivity contribution < 1.29 is 4.52 Å². The van der Waals surface area contributed by atoms with E-state index in [0.29, 0.717) is 11.9 Å². The van der Waals surface area contributed by atoms with Crippen LogP contribution in [0.4, 0.5) is 0 Å². The third-order valence-corrected chi connectivity index (χ3v) is 4.35. The molecule has 1 heterocycles. The van der Waals surface area contributed by atoms with Crippen molar-refractivity contribution >= 4 is 0 Å². The number of aryl methyl sites for hydroxylation is 1. The van der Waals surface area contributed by atoms with E-state index < -0.39 is 0 Å². The second-order valence-electron chi connectivity index (χ2n) is 6.37. The van der Waals surface area contributed by atoms with E-state index >= 15 is 0 Å². The van der Waals surface area contributed by atoms with Crippen LogP contribution in [0, 0.1) is 24.7 Å². The van der Waals surface area contributed by atoms with Crippen molar-refractivity contribution in [3.63, 3.8) is 0 Å². The van der Waals surface area contributed by atoms with Crippen LogP contribution in [0.3, 0.4) is 0 Å².